The summed E-state index contributed by atoms with van der Waals surface area (Å²) >= 11 is 0. The molecule has 0 unspecified atom stereocenters. The van der Waals surface area contributed by atoms with E-state index in [0.717, 1.165) is 17.9 Å². The first-order valence-corrected chi connectivity index (χ1v) is 6.19. The molecule has 0 aliphatic carbocycles. The molecule has 0 radical (unpaired) electrons. The van der Waals surface area contributed by atoms with Gasteiger partial charge in [-0.25, -0.2) is 0 Å². The summed E-state index contributed by atoms with van der Waals surface area (Å²) in [6.07, 6.45) is 2.78. The van der Waals surface area contributed by atoms with Gasteiger partial charge in [0.25, 0.3) is 0 Å². The first-order valence-electron chi connectivity index (χ1n) is 3.70. The van der Waals surface area contributed by atoms with Crippen LogP contribution in [-0.2, 0) is 6.42 Å². The Labute approximate surface area is 75.3 Å². The van der Waals surface area contributed by atoms with Gasteiger partial charge in [0.2, 0.25) is 0 Å². The van der Waals surface area contributed by atoms with E-state index in [2.05, 4.69) is 6.92 Å². The SMILES string of the molecule is CCSSCCc1ccco1. The summed E-state index contributed by atoms with van der Waals surface area (Å²) in [5, 5.41) is 0. The van der Waals surface area contributed by atoms with Crippen molar-refractivity contribution in [1.82, 2.24) is 0 Å². The van der Waals surface area contributed by atoms with Gasteiger partial charge in [0, 0.05) is 17.9 Å². The minimum atomic E-state index is 1.05. The van der Waals surface area contributed by atoms with E-state index in [0.29, 0.717) is 0 Å². The Bertz CT molecular complexity index is 172. The van der Waals surface area contributed by atoms with Crippen LogP contribution in [-0.4, -0.2) is 11.5 Å². The van der Waals surface area contributed by atoms with Crippen LogP contribution in [0.5, 0.6) is 0 Å². The van der Waals surface area contributed by atoms with Crippen LogP contribution in [0.2, 0.25) is 0 Å². The second-order valence-electron chi connectivity index (χ2n) is 2.06. The van der Waals surface area contributed by atoms with Gasteiger partial charge in [-0.3, -0.25) is 0 Å². The van der Waals surface area contributed by atoms with Gasteiger partial charge < -0.3 is 4.42 Å². The average Bonchev–Trinajstić information content (AvgIpc) is 2.50. The van der Waals surface area contributed by atoms with Crippen molar-refractivity contribution in [2.45, 2.75) is 13.3 Å². The van der Waals surface area contributed by atoms with Crippen LogP contribution in [0.15, 0.2) is 22.8 Å². The lowest BCUT2D eigenvalue weighted by molar-refractivity contribution is 0.517. The third kappa shape index (κ3) is 3.77. The van der Waals surface area contributed by atoms with Crippen LogP contribution in [0.4, 0.5) is 0 Å². The fraction of sp³-hybridized carbons (Fsp3) is 0.500. The van der Waals surface area contributed by atoms with Crippen molar-refractivity contribution in [3.63, 3.8) is 0 Å². The highest BCUT2D eigenvalue weighted by Gasteiger charge is 1.94. The van der Waals surface area contributed by atoms with E-state index in [-0.39, 0.29) is 0 Å². The summed E-state index contributed by atoms with van der Waals surface area (Å²) in [6, 6.07) is 3.96. The highest BCUT2D eigenvalue weighted by molar-refractivity contribution is 8.76. The van der Waals surface area contributed by atoms with Crippen LogP contribution in [0, 0.1) is 0 Å². The van der Waals surface area contributed by atoms with Gasteiger partial charge >= 0.3 is 0 Å². The second-order valence-corrected chi connectivity index (χ2v) is 4.93. The fourth-order valence-corrected chi connectivity index (χ4v) is 2.41. The number of rotatable bonds is 5. The summed E-state index contributed by atoms with van der Waals surface area (Å²) in [5.74, 6) is 3.42. The maximum Gasteiger partial charge on any atom is 0.104 e. The molecule has 1 heterocycles. The lowest BCUT2D eigenvalue weighted by atomic mass is 10.4. The summed E-state index contributed by atoms with van der Waals surface area (Å²) in [5.41, 5.74) is 0. The molecule has 0 aliphatic heterocycles. The lowest BCUT2D eigenvalue weighted by Crippen LogP contribution is -1.82. The molecule has 0 aromatic carbocycles. The standard InChI is InChI=1S/C8H12OS2/c1-2-10-11-7-5-8-4-3-6-9-8/h3-4,6H,2,5,7H2,1H3. The maximum absolute atomic E-state index is 5.19. The molecule has 0 saturated carbocycles. The quantitative estimate of drug-likeness (QED) is 0.520. The van der Waals surface area contributed by atoms with Gasteiger partial charge in [-0.1, -0.05) is 28.5 Å². The first kappa shape index (κ1) is 9.07. The molecule has 1 nitrogen and oxygen atoms in total. The third-order valence-corrected chi connectivity index (χ3v) is 3.69. The van der Waals surface area contributed by atoms with Crippen molar-refractivity contribution >= 4 is 21.6 Å². The van der Waals surface area contributed by atoms with Gasteiger partial charge in [-0.05, 0) is 12.1 Å². The lowest BCUT2D eigenvalue weighted by Gasteiger charge is -1.95. The molecule has 0 atom stereocenters. The molecular formula is C8H12OS2. The van der Waals surface area contributed by atoms with Crippen molar-refractivity contribution in [2.24, 2.45) is 0 Å². The molecule has 0 bridgehead atoms. The summed E-state index contributed by atoms with van der Waals surface area (Å²) in [7, 11) is 3.81. The molecule has 0 fully saturated rings. The van der Waals surface area contributed by atoms with E-state index in [9.17, 15) is 0 Å². The second kappa shape index (κ2) is 5.61. The van der Waals surface area contributed by atoms with E-state index in [1.165, 1.54) is 5.75 Å². The van der Waals surface area contributed by atoms with Gasteiger partial charge in [0.05, 0.1) is 6.26 Å². The number of hydrogen-bond donors (Lipinski definition) is 0. The molecule has 1 aromatic heterocycles. The normalized spacial score (nSPS) is 10.3. The molecular weight excluding hydrogens is 176 g/mol. The Morgan fingerprint density at radius 2 is 2.36 bits per heavy atom. The monoisotopic (exact) mass is 188 g/mol. The number of aryl methyl sites for hydroxylation is 1. The molecule has 0 amide bonds. The Kier molecular flexibility index (Phi) is 4.62. The molecule has 0 aliphatic rings. The third-order valence-electron chi connectivity index (χ3n) is 1.21. The van der Waals surface area contributed by atoms with Crippen molar-refractivity contribution in [3.05, 3.63) is 24.2 Å². The molecule has 0 N–H and O–H groups in total. The minimum absolute atomic E-state index is 1.05. The predicted molar refractivity (Wildman–Crippen MR) is 53.0 cm³/mol. The Balaban J connectivity index is 2.04. The smallest absolute Gasteiger partial charge is 0.104 e. The van der Waals surface area contributed by atoms with E-state index < -0.39 is 0 Å². The highest BCUT2D eigenvalue weighted by Crippen LogP contribution is 2.21. The van der Waals surface area contributed by atoms with Crippen LogP contribution < -0.4 is 0 Å². The van der Waals surface area contributed by atoms with Crippen LogP contribution in [0.3, 0.4) is 0 Å². The Morgan fingerprint density at radius 1 is 1.45 bits per heavy atom. The molecule has 1 rings (SSSR count). The van der Waals surface area contributed by atoms with E-state index in [4.69, 9.17) is 4.42 Å². The van der Waals surface area contributed by atoms with E-state index >= 15 is 0 Å². The maximum atomic E-state index is 5.19. The largest absolute Gasteiger partial charge is 0.469 e. The van der Waals surface area contributed by atoms with Crippen molar-refractivity contribution in [3.8, 4) is 0 Å². The van der Waals surface area contributed by atoms with Gasteiger partial charge in [-0.15, -0.1) is 0 Å². The van der Waals surface area contributed by atoms with Gasteiger partial charge in [-0.2, -0.15) is 0 Å². The first-order chi connectivity index (χ1) is 5.43. The Morgan fingerprint density at radius 3 is 3.00 bits per heavy atom. The number of furan rings is 1. The zero-order valence-corrected chi connectivity index (χ0v) is 8.21. The molecule has 62 valence electrons. The summed E-state index contributed by atoms with van der Waals surface area (Å²) in [4.78, 5) is 0. The molecule has 11 heavy (non-hydrogen) atoms. The van der Waals surface area contributed by atoms with Gasteiger partial charge in [0.15, 0.2) is 0 Å². The minimum Gasteiger partial charge on any atom is -0.469 e. The van der Waals surface area contributed by atoms with Crippen molar-refractivity contribution in [2.75, 3.05) is 11.5 Å². The van der Waals surface area contributed by atoms with Gasteiger partial charge in [0.1, 0.15) is 5.76 Å². The molecule has 3 heteroatoms. The van der Waals surface area contributed by atoms with E-state index in [1.807, 2.05) is 33.7 Å². The van der Waals surface area contributed by atoms with Crippen LogP contribution in [0.1, 0.15) is 12.7 Å². The van der Waals surface area contributed by atoms with E-state index in [1.54, 1.807) is 6.26 Å². The van der Waals surface area contributed by atoms with Crippen LogP contribution in [0.25, 0.3) is 0 Å². The Hall–Kier alpha value is -0.0200. The fourth-order valence-electron chi connectivity index (χ4n) is 0.739. The molecule has 0 saturated heterocycles. The zero-order valence-electron chi connectivity index (χ0n) is 6.58. The van der Waals surface area contributed by atoms with Crippen molar-refractivity contribution in [1.29, 1.82) is 0 Å². The summed E-state index contributed by atoms with van der Waals surface area (Å²) in [6.45, 7) is 2.17. The van der Waals surface area contributed by atoms with Crippen LogP contribution >= 0.6 is 21.6 Å². The number of hydrogen-bond acceptors (Lipinski definition) is 3. The molecule has 1 aromatic rings. The topological polar surface area (TPSA) is 13.1 Å². The highest BCUT2D eigenvalue weighted by atomic mass is 33.1. The molecule has 0 spiro atoms. The summed E-state index contributed by atoms with van der Waals surface area (Å²) < 4.78 is 5.19. The predicted octanol–water partition coefficient (Wildman–Crippen LogP) is 3.22. The average molecular weight is 188 g/mol. The zero-order chi connectivity index (χ0) is 7.94. The van der Waals surface area contributed by atoms with Crippen molar-refractivity contribution < 1.29 is 4.42 Å².